The van der Waals surface area contributed by atoms with E-state index >= 15 is 0 Å². The van der Waals surface area contributed by atoms with Crippen LogP contribution in [0.25, 0.3) is 0 Å². The van der Waals surface area contributed by atoms with Gasteiger partial charge in [-0.1, -0.05) is 34.1 Å². The van der Waals surface area contributed by atoms with Crippen molar-refractivity contribution in [1.82, 2.24) is 37.2 Å². The number of aliphatic carboxylic acids is 3. The monoisotopic (exact) mass is 874 g/mol. The van der Waals surface area contributed by atoms with Crippen molar-refractivity contribution in [2.24, 2.45) is 29.0 Å². The van der Waals surface area contributed by atoms with Gasteiger partial charge in [0.25, 0.3) is 0 Å². The van der Waals surface area contributed by atoms with Gasteiger partial charge < -0.3 is 74.8 Å². The molecule has 0 aromatic heterocycles. The SMILES string of the molecule is CC(C)C[C@H](NC(=O)[C@H](CO)NC(=O)[C@H](CC(N)=O)NC(=O)CNC(=O)[C@H](CCC(=O)O)NC(=O)[C@H](CC(=O)O)NC(=O)[C@H](CC(C)C)NC(=O)[C@@H](N)CCCCN)C(=O)O. The number of nitrogens with two attached hydrogens (primary N) is 3. The summed E-state index contributed by atoms with van der Waals surface area (Å²) in [5.74, 6) is -13.4. The first-order valence-electron chi connectivity index (χ1n) is 19.5. The van der Waals surface area contributed by atoms with Crippen molar-refractivity contribution in [2.75, 3.05) is 19.7 Å². The first-order chi connectivity index (χ1) is 28.4. The summed E-state index contributed by atoms with van der Waals surface area (Å²) < 4.78 is 0. The third-order valence-electron chi connectivity index (χ3n) is 8.56. The standard InChI is InChI=1S/C36H62N10O15/c1-17(2)11-21(43-30(54)19(38)7-5-6-10-37)32(56)44-23(14-29(52)53)34(58)42-20(8-9-28(50)51)31(55)40-15-27(49)41-22(13-26(39)48)33(57)46-25(16-47)35(59)45-24(36(60)61)12-18(3)4/h17-25,47H,5-16,37-38H2,1-4H3,(H2,39,48)(H,40,55)(H,41,49)(H,42,58)(H,43,54)(H,44,56)(H,45,59)(H,46,57)(H,50,51)(H,52,53)(H,60,61)/t19-,20-,21-,22-,23-,24-,25-/m0/s1. The normalized spacial score (nSPS) is 14.4. The van der Waals surface area contributed by atoms with Gasteiger partial charge in [-0.15, -0.1) is 0 Å². The fraction of sp³-hybridized carbons (Fsp3) is 0.694. The van der Waals surface area contributed by atoms with Gasteiger partial charge in [0.2, 0.25) is 47.3 Å². The van der Waals surface area contributed by atoms with Crippen LogP contribution in [0.15, 0.2) is 0 Å². The highest BCUT2D eigenvalue weighted by Gasteiger charge is 2.34. The number of carbonyl (C=O) groups is 11. The zero-order valence-corrected chi connectivity index (χ0v) is 34.7. The first-order valence-corrected chi connectivity index (χ1v) is 19.5. The molecule has 61 heavy (non-hydrogen) atoms. The van der Waals surface area contributed by atoms with Crippen LogP contribution in [0.2, 0.25) is 0 Å². The van der Waals surface area contributed by atoms with Crippen molar-refractivity contribution in [3.8, 4) is 0 Å². The van der Waals surface area contributed by atoms with Crippen LogP contribution >= 0.6 is 0 Å². The Morgan fingerprint density at radius 1 is 0.541 bits per heavy atom. The van der Waals surface area contributed by atoms with Gasteiger partial charge in [-0.25, -0.2) is 4.79 Å². The maximum absolute atomic E-state index is 13.4. The van der Waals surface area contributed by atoms with E-state index in [0.717, 1.165) is 0 Å². The van der Waals surface area contributed by atoms with Crippen molar-refractivity contribution >= 4 is 65.2 Å². The third kappa shape index (κ3) is 23.4. The fourth-order valence-electron chi connectivity index (χ4n) is 5.46. The Morgan fingerprint density at radius 3 is 1.51 bits per heavy atom. The van der Waals surface area contributed by atoms with Crippen molar-refractivity contribution < 1.29 is 73.2 Å². The Bertz CT molecular complexity index is 1560. The van der Waals surface area contributed by atoms with E-state index in [-0.39, 0.29) is 31.1 Å². The summed E-state index contributed by atoms with van der Waals surface area (Å²) in [5.41, 5.74) is 16.6. The van der Waals surface area contributed by atoms with Crippen LogP contribution in [-0.4, -0.2) is 148 Å². The number of primary amides is 1. The average Bonchev–Trinajstić information content (AvgIpc) is 3.15. The average molecular weight is 875 g/mol. The van der Waals surface area contributed by atoms with E-state index in [1.807, 2.05) is 0 Å². The number of carbonyl (C=O) groups excluding carboxylic acids is 8. The van der Waals surface area contributed by atoms with Crippen molar-refractivity contribution in [2.45, 2.75) is 128 Å². The summed E-state index contributed by atoms with van der Waals surface area (Å²) >= 11 is 0. The number of aliphatic hydroxyl groups is 1. The molecule has 25 nitrogen and oxygen atoms in total. The molecule has 0 radical (unpaired) electrons. The molecule has 8 amide bonds. The number of carboxylic acids is 3. The molecule has 0 aliphatic carbocycles. The molecular formula is C36H62N10O15. The molecule has 0 unspecified atom stereocenters. The Kier molecular flexibility index (Phi) is 25.7. The van der Waals surface area contributed by atoms with E-state index in [9.17, 15) is 73.2 Å². The lowest BCUT2D eigenvalue weighted by Crippen LogP contribution is -2.59. The second-order valence-corrected chi connectivity index (χ2v) is 15.0. The number of aliphatic hydroxyl groups excluding tert-OH is 1. The Morgan fingerprint density at radius 2 is 1.02 bits per heavy atom. The van der Waals surface area contributed by atoms with Gasteiger partial charge in [0, 0.05) is 6.42 Å². The minimum atomic E-state index is -1.86. The topological polar surface area (TPSA) is 431 Å². The minimum Gasteiger partial charge on any atom is -0.481 e. The highest BCUT2D eigenvalue weighted by molar-refractivity contribution is 5.98. The molecule has 17 N–H and O–H groups in total. The number of hydrogen-bond donors (Lipinski definition) is 14. The molecule has 346 valence electrons. The van der Waals surface area contributed by atoms with E-state index in [1.54, 1.807) is 27.7 Å². The highest BCUT2D eigenvalue weighted by Crippen LogP contribution is 2.09. The molecule has 25 heteroatoms. The van der Waals surface area contributed by atoms with Crippen LogP contribution in [0, 0.1) is 11.8 Å². The number of amides is 8. The summed E-state index contributed by atoms with van der Waals surface area (Å²) in [6.07, 6.45) is -1.75. The molecule has 0 rings (SSSR count). The molecule has 0 aromatic carbocycles. The molecule has 0 saturated carbocycles. The molecule has 7 atom stereocenters. The summed E-state index contributed by atoms with van der Waals surface area (Å²) in [6, 6.07) is -10.8. The van der Waals surface area contributed by atoms with Gasteiger partial charge in [0.1, 0.15) is 36.3 Å². The minimum absolute atomic E-state index is 0.00600. The van der Waals surface area contributed by atoms with E-state index in [0.29, 0.717) is 19.4 Å². The lowest BCUT2D eigenvalue weighted by Gasteiger charge is -2.26. The second-order valence-electron chi connectivity index (χ2n) is 15.0. The Labute approximate surface area is 351 Å². The molecule has 0 spiro atoms. The van der Waals surface area contributed by atoms with Crippen molar-refractivity contribution in [1.29, 1.82) is 0 Å². The summed E-state index contributed by atoms with van der Waals surface area (Å²) in [4.78, 5) is 138. The summed E-state index contributed by atoms with van der Waals surface area (Å²) in [5, 5.41) is 53.3. The predicted octanol–water partition coefficient (Wildman–Crippen LogP) is -5.15. The van der Waals surface area contributed by atoms with Crippen LogP contribution in [0.3, 0.4) is 0 Å². The summed E-state index contributed by atoms with van der Waals surface area (Å²) in [7, 11) is 0. The quantitative estimate of drug-likeness (QED) is 0.0290. The van der Waals surface area contributed by atoms with Crippen LogP contribution in [0.1, 0.15) is 85.5 Å². The highest BCUT2D eigenvalue weighted by atomic mass is 16.4. The van der Waals surface area contributed by atoms with Crippen LogP contribution < -0.4 is 54.4 Å². The predicted molar refractivity (Wildman–Crippen MR) is 212 cm³/mol. The molecular weight excluding hydrogens is 812 g/mol. The molecule has 0 aromatic rings. The third-order valence-corrected chi connectivity index (χ3v) is 8.56. The number of nitrogens with one attached hydrogen (secondary N) is 7. The smallest absolute Gasteiger partial charge is 0.326 e. The van der Waals surface area contributed by atoms with Crippen molar-refractivity contribution in [3.05, 3.63) is 0 Å². The summed E-state index contributed by atoms with van der Waals surface area (Å²) in [6.45, 7) is 5.23. The van der Waals surface area contributed by atoms with Crippen LogP contribution in [0.4, 0.5) is 0 Å². The van der Waals surface area contributed by atoms with E-state index in [4.69, 9.17) is 17.2 Å². The van der Waals surface area contributed by atoms with Gasteiger partial charge in [0.15, 0.2) is 0 Å². The lowest BCUT2D eigenvalue weighted by molar-refractivity contribution is -0.143. The molecule has 0 aliphatic rings. The van der Waals surface area contributed by atoms with Gasteiger partial charge in [0.05, 0.1) is 32.0 Å². The molecule has 0 aliphatic heterocycles. The van der Waals surface area contributed by atoms with Gasteiger partial charge in [-0.05, 0) is 50.5 Å². The first kappa shape index (κ1) is 55.0. The number of rotatable bonds is 31. The maximum Gasteiger partial charge on any atom is 0.326 e. The Balaban J connectivity index is 6.00. The lowest BCUT2D eigenvalue weighted by atomic mass is 10.0. The molecule has 0 fully saturated rings. The zero-order chi connectivity index (χ0) is 47.0. The Hall–Kier alpha value is -5.95. The number of hydrogen-bond acceptors (Lipinski definition) is 14. The van der Waals surface area contributed by atoms with E-state index < -0.39 is 146 Å². The van der Waals surface area contributed by atoms with Crippen LogP contribution in [-0.2, 0) is 52.7 Å². The number of carboxylic acid groups (broad SMARTS) is 3. The van der Waals surface area contributed by atoms with Gasteiger partial charge in [-0.3, -0.25) is 47.9 Å². The van der Waals surface area contributed by atoms with Gasteiger partial charge >= 0.3 is 17.9 Å². The molecule has 0 saturated heterocycles. The number of unbranched alkanes of at least 4 members (excludes halogenated alkanes) is 1. The maximum atomic E-state index is 13.4. The largest absolute Gasteiger partial charge is 0.481 e. The molecule has 0 heterocycles. The van der Waals surface area contributed by atoms with E-state index in [2.05, 4.69) is 37.2 Å². The van der Waals surface area contributed by atoms with Gasteiger partial charge in [-0.2, -0.15) is 0 Å². The fourth-order valence-corrected chi connectivity index (χ4v) is 5.46. The molecule has 0 bridgehead atoms. The zero-order valence-electron chi connectivity index (χ0n) is 34.7. The van der Waals surface area contributed by atoms with E-state index in [1.165, 1.54) is 0 Å². The van der Waals surface area contributed by atoms with Crippen molar-refractivity contribution in [3.63, 3.8) is 0 Å². The second kappa shape index (κ2) is 28.5. The van der Waals surface area contributed by atoms with Crippen LogP contribution in [0.5, 0.6) is 0 Å².